The highest BCUT2D eigenvalue weighted by atomic mass is 32.2. The number of fused-ring (bicyclic) bond motifs is 1. The molecule has 0 aliphatic carbocycles. The number of nitrogens with zero attached hydrogens (tertiary/aromatic N) is 1. The second-order valence-corrected chi connectivity index (χ2v) is 6.19. The number of carbonyl (C=O) groups excluding carboxylic acids is 1. The largest absolute Gasteiger partial charge is 0.399 e. The lowest BCUT2D eigenvalue weighted by atomic mass is 9.98. The minimum atomic E-state index is 0.211. The summed E-state index contributed by atoms with van der Waals surface area (Å²) in [6, 6.07) is 5.94. The molecular weight excluding hydrogens is 244 g/mol. The molecule has 18 heavy (non-hydrogen) atoms. The van der Waals surface area contributed by atoms with Crippen LogP contribution in [-0.2, 0) is 11.2 Å². The van der Waals surface area contributed by atoms with Crippen LogP contribution in [0.4, 0.5) is 11.4 Å². The van der Waals surface area contributed by atoms with Gasteiger partial charge in [0, 0.05) is 29.6 Å². The standard InChI is InChI=1S/C14H18N2OS/c15-12-4-3-10-2-1-6-16(13(10)8-12)14(17)11-5-7-18-9-11/h3-4,8,11H,1-2,5-7,9,15H2. The third-order valence-electron chi connectivity index (χ3n) is 3.77. The Morgan fingerprint density at radius 2 is 2.33 bits per heavy atom. The maximum atomic E-state index is 12.5. The van der Waals surface area contributed by atoms with E-state index < -0.39 is 0 Å². The van der Waals surface area contributed by atoms with Gasteiger partial charge in [-0.25, -0.2) is 0 Å². The molecule has 2 aliphatic heterocycles. The van der Waals surface area contributed by atoms with Crippen LogP contribution >= 0.6 is 11.8 Å². The van der Waals surface area contributed by atoms with Gasteiger partial charge in [-0.2, -0.15) is 11.8 Å². The molecule has 1 atom stereocenters. The quantitative estimate of drug-likeness (QED) is 0.790. The lowest BCUT2D eigenvalue weighted by Crippen LogP contribution is -2.39. The van der Waals surface area contributed by atoms with Gasteiger partial charge in [-0.1, -0.05) is 6.07 Å². The van der Waals surface area contributed by atoms with E-state index in [-0.39, 0.29) is 5.92 Å². The summed E-state index contributed by atoms with van der Waals surface area (Å²) >= 11 is 1.89. The zero-order chi connectivity index (χ0) is 12.5. The van der Waals surface area contributed by atoms with Gasteiger partial charge in [-0.3, -0.25) is 4.79 Å². The van der Waals surface area contributed by atoms with Gasteiger partial charge in [0.2, 0.25) is 5.91 Å². The summed E-state index contributed by atoms with van der Waals surface area (Å²) in [5, 5.41) is 0. The smallest absolute Gasteiger partial charge is 0.230 e. The zero-order valence-electron chi connectivity index (χ0n) is 10.4. The fraction of sp³-hybridized carbons (Fsp3) is 0.500. The van der Waals surface area contributed by atoms with Crippen LogP contribution in [0.25, 0.3) is 0 Å². The van der Waals surface area contributed by atoms with Gasteiger partial charge in [0.1, 0.15) is 0 Å². The highest BCUT2D eigenvalue weighted by Gasteiger charge is 2.30. The first-order valence-corrected chi connectivity index (χ1v) is 7.69. The molecule has 1 aromatic rings. The summed E-state index contributed by atoms with van der Waals surface area (Å²) in [6.07, 6.45) is 3.14. The van der Waals surface area contributed by atoms with Crippen molar-refractivity contribution in [2.75, 3.05) is 28.7 Å². The van der Waals surface area contributed by atoms with Crippen molar-refractivity contribution in [3.05, 3.63) is 23.8 Å². The molecule has 0 aromatic heterocycles. The summed E-state index contributed by atoms with van der Waals surface area (Å²) in [4.78, 5) is 14.5. The van der Waals surface area contributed by atoms with Crippen LogP contribution in [0, 0.1) is 5.92 Å². The topological polar surface area (TPSA) is 46.3 Å². The number of rotatable bonds is 1. The number of thioether (sulfide) groups is 1. The molecule has 2 heterocycles. The van der Waals surface area contributed by atoms with Crippen molar-refractivity contribution in [1.82, 2.24) is 0 Å². The maximum Gasteiger partial charge on any atom is 0.230 e. The Balaban J connectivity index is 1.90. The van der Waals surface area contributed by atoms with Crippen molar-refractivity contribution < 1.29 is 4.79 Å². The van der Waals surface area contributed by atoms with E-state index in [0.717, 1.165) is 48.7 Å². The van der Waals surface area contributed by atoms with Crippen LogP contribution in [-0.4, -0.2) is 24.0 Å². The Kier molecular flexibility index (Phi) is 3.20. The molecule has 3 rings (SSSR count). The van der Waals surface area contributed by atoms with E-state index in [1.807, 2.05) is 28.8 Å². The minimum Gasteiger partial charge on any atom is -0.399 e. The molecule has 0 bridgehead atoms. The average molecular weight is 262 g/mol. The Bertz CT molecular complexity index is 469. The van der Waals surface area contributed by atoms with E-state index in [4.69, 9.17) is 5.73 Å². The van der Waals surface area contributed by atoms with Gasteiger partial charge in [-0.15, -0.1) is 0 Å². The van der Waals surface area contributed by atoms with Gasteiger partial charge in [0.25, 0.3) is 0 Å². The van der Waals surface area contributed by atoms with E-state index in [9.17, 15) is 4.79 Å². The number of hydrogen-bond acceptors (Lipinski definition) is 3. The van der Waals surface area contributed by atoms with Crippen molar-refractivity contribution in [2.45, 2.75) is 19.3 Å². The molecular formula is C14H18N2OS. The molecule has 2 aliphatic rings. The van der Waals surface area contributed by atoms with Crippen LogP contribution in [0.15, 0.2) is 18.2 Å². The lowest BCUT2D eigenvalue weighted by Gasteiger charge is -2.31. The molecule has 1 saturated heterocycles. The number of amides is 1. The predicted octanol–water partition coefficient (Wildman–Crippen LogP) is 2.30. The number of benzene rings is 1. The van der Waals surface area contributed by atoms with Crippen molar-refractivity contribution in [3.8, 4) is 0 Å². The first-order chi connectivity index (χ1) is 8.75. The van der Waals surface area contributed by atoms with Crippen LogP contribution in [0.5, 0.6) is 0 Å². The maximum absolute atomic E-state index is 12.5. The Morgan fingerprint density at radius 1 is 1.44 bits per heavy atom. The Labute approximate surface area is 112 Å². The van der Waals surface area contributed by atoms with E-state index >= 15 is 0 Å². The van der Waals surface area contributed by atoms with Gasteiger partial charge < -0.3 is 10.6 Å². The SMILES string of the molecule is Nc1ccc2c(c1)N(C(=O)C1CCSC1)CCC2. The van der Waals surface area contributed by atoms with E-state index in [1.54, 1.807) is 0 Å². The molecule has 0 spiro atoms. The first-order valence-electron chi connectivity index (χ1n) is 6.53. The molecule has 1 unspecified atom stereocenters. The number of nitrogens with two attached hydrogens (primary N) is 1. The summed E-state index contributed by atoms with van der Waals surface area (Å²) in [5.74, 6) is 2.61. The zero-order valence-corrected chi connectivity index (χ0v) is 11.2. The normalized spacial score (nSPS) is 22.9. The number of nitrogen functional groups attached to an aromatic ring is 1. The number of carbonyl (C=O) groups is 1. The van der Waals surface area contributed by atoms with Gasteiger partial charge in [0.15, 0.2) is 0 Å². The van der Waals surface area contributed by atoms with E-state index in [0.29, 0.717) is 5.91 Å². The fourth-order valence-electron chi connectivity index (χ4n) is 2.77. The first kappa shape index (κ1) is 11.9. The second-order valence-electron chi connectivity index (χ2n) is 5.04. The van der Waals surface area contributed by atoms with E-state index in [1.165, 1.54) is 5.56 Å². The molecule has 3 nitrogen and oxygen atoms in total. The van der Waals surface area contributed by atoms with Gasteiger partial charge in [-0.05, 0) is 42.7 Å². The van der Waals surface area contributed by atoms with E-state index in [2.05, 4.69) is 6.07 Å². The Hall–Kier alpha value is -1.16. The number of hydrogen-bond donors (Lipinski definition) is 1. The lowest BCUT2D eigenvalue weighted by molar-refractivity contribution is -0.121. The van der Waals surface area contributed by atoms with Gasteiger partial charge in [0.05, 0.1) is 0 Å². The predicted molar refractivity (Wildman–Crippen MR) is 77.0 cm³/mol. The van der Waals surface area contributed by atoms with Gasteiger partial charge >= 0.3 is 0 Å². The molecule has 4 heteroatoms. The highest BCUT2D eigenvalue weighted by Crippen LogP contribution is 2.33. The summed E-state index contributed by atoms with van der Waals surface area (Å²) in [5.41, 5.74) is 8.90. The van der Waals surface area contributed by atoms with Crippen molar-refractivity contribution in [2.24, 2.45) is 5.92 Å². The van der Waals surface area contributed by atoms with Crippen molar-refractivity contribution in [3.63, 3.8) is 0 Å². The molecule has 0 radical (unpaired) electrons. The highest BCUT2D eigenvalue weighted by molar-refractivity contribution is 7.99. The molecule has 1 amide bonds. The van der Waals surface area contributed by atoms with Crippen molar-refractivity contribution >= 4 is 29.0 Å². The molecule has 1 fully saturated rings. The summed E-state index contributed by atoms with van der Waals surface area (Å²) in [7, 11) is 0. The second kappa shape index (κ2) is 4.84. The van der Waals surface area contributed by atoms with Crippen LogP contribution in [0.3, 0.4) is 0 Å². The summed E-state index contributed by atoms with van der Waals surface area (Å²) in [6.45, 7) is 0.844. The average Bonchev–Trinajstić information content (AvgIpc) is 2.91. The third-order valence-corrected chi connectivity index (χ3v) is 4.94. The number of aryl methyl sites for hydroxylation is 1. The monoisotopic (exact) mass is 262 g/mol. The third kappa shape index (κ3) is 2.09. The van der Waals surface area contributed by atoms with Crippen LogP contribution in [0.2, 0.25) is 0 Å². The molecule has 96 valence electrons. The van der Waals surface area contributed by atoms with Crippen LogP contribution < -0.4 is 10.6 Å². The Morgan fingerprint density at radius 3 is 3.11 bits per heavy atom. The fourth-order valence-corrected chi connectivity index (χ4v) is 3.98. The van der Waals surface area contributed by atoms with Crippen LogP contribution in [0.1, 0.15) is 18.4 Å². The number of anilines is 2. The minimum absolute atomic E-state index is 0.211. The summed E-state index contributed by atoms with van der Waals surface area (Å²) < 4.78 is 0. The molecule has 0 saturated carbocycles. The molecule has 2 N–H and O–H groups in total. The molecule has 1 aromatic carbocycles. The van der Waals surface area contributed by atoms with Crippen molar-refractivity contribution in [1.29, 1.82) is 0 Å².